The highest BCUT2D eigenvalue weighted by atomic mass is 19.4. The Labute approximate surface area is 169 Å². The zero-order chi connectivity index (χ0) is 21.5. The highest BCUT2D eigenvalue weighted by Crippen LogP contribution is 2.45. The van der Waals surface area contributed by atoms with E-state index < -0.39 is 17.8 Å². The van der Waals surface area contributed by atoms with E-state index in [4.69, 9.17) is 4.74 Å². The summed E-state index contributed by atoms with van der Waals surface area (Å²) in [5, 5.41) is 7.36. The summed E-state index contributed by atoms with van der Waals surface area (Å²) in [6.07, 6.45) is -2.80. The molecule has 1 heterocycles. The summed E-state index contributed by atoms with van der Waals surface area (Å²) in [6.45, 7) is 1.73. The lowest BCUT2D eigenvalue weighted by Gasteiger charge is -2.18. The van der Waals surface area contributed by atoms with Crippen molar-refractivity contribution in [2.45, 2.75) is 38.7 Å². The maximum Gasteiger partial charge on any atom is 0.573 e. The summed E-state index contributed by atoms with van der Waals surface area (Å²) < 4.78 is 50.9. The average Bonchev–Trinajstić information content (AvgIpc) is 3.46. The third-order valence-corrected chi connectivity index (χ3v) is 4.84. The van der Waals surface area contributed by atoms with Crippen LogP contribution in [0.5, 0.6) is 11.5 Å². The maximum absolute atomic E-state index is 13.0. The SMILES string of the molecule is Cc1ccc(OCc2c(OC(F)(F)F)cccc2-n2nnn(C)c2=O)c(C2CC2)c1. The zero-order valence-corrected chi connectivity index (χ0v) is 16.3. The van der Waals surface area contributed by atoms with Crippen LogP contribution < -0.4 is 15.2 Å². The third kappa shape index (κ3) is 4.17. The minimum Gasteiger partial charge on any atom is -0.488 e. The molecule has 3 aromatic rings. The number of alkyl halides is 3. The van der Waals surface area contributed by atoms with E-state index in [2.05, 4.69) is 15.2 Å². The Morgan fingerprint density at radius 2 is 1.90 bits per heavy atom. The van der Waals surface area contributed by atoms with E-state index in [9.17, 15) is 18.0 Å². The van der Waals surface area contributed by atoms with Crippen molar-refractivity contribution in [2.75, 3.05) is 0 Å². The van der Waals surface area contributed by atoms with Gasteiger partial charge in [-0.15, -0.1) is 13.2 Å². The number of rotatable bonds is 6. The lowest BCUT2D eigenvalue weighted by molar-refractivity contribution is -0.275. The largest absolute Gasteiger partial charge is 0.573 e. The maximum atomic E-state index is 13.0. The van der Waals surface area contributed by atoms with E-state index in [0.29, 0.717) is 11.7 Å². The Morgan fingerprint density at radius 3 is 2.53 bits per heavy atom. The first-order valence-electron chi connectivity index (χ1n) is 9.33. The lowest BCUT2D eigenvalue weighted by atomic mass is 10.1. The summed E-state index contributed by atoms with van der Waals surface area (Å²) in [5.41, 5.74) is 1.66. The standard InChI is InChI=1S/C20H19F3N4O3/c1-12-6-9-17(14(10-12)13-7-8-13)29-11-15-16(27-19(28)26(2)24-25-27)4-3-5-18(15)30-20(21,22)23/h3-6,9-10,13H,7-8,11H2,1-2H3. The molecule has 2 aromatic carbocycles. The number of aryl methyl sites for hydroxylation is 2. The van der Waals surface area contributed by atoms with Gasteiger partial charge in [0, 0.05) is 7.05 Å². The van der Waals surface area contributed by atoms with E-state index >= 15 is 0 Å². The Kier molecular flexibility index (Phi) is 5.00. The number of ether oxygens (including phenoxy) is 2. The topological polar surface area (TPSA) is 71.2 Å². The summed E-state index contributed by atoms with van der Waals surface area (Å²) in [7, 11) is 1.40. The zero-order valence-electron chi connectivity index (χ0n) is 16.3. The molecule has 0 N–H and O–H groups in total. The molecule has 1 saturated carbocycles. The number of benzene rings is 2. The van der Waals surface area contributed by atoms with Gasteiger partial charge in [-0.1, -0.05) is 23.8 Å². The molecule has 0 saturated heterocycles. The minimum atomic E-state index is -4.90. The van der Waals surface area contributed by atoms with Gasteiger partial charge in [0.05, 0.1) is 11.3 Å². The molecule has 0 amide bonds. The van der Waals surface area contributed by atoms with Crippen LogP contribution in [-0.4, -0.2) is 26.2 Å². The number of aromatic nitrogens is 4. The molecular formula is C20H19F3N4O3. The van der Waals surface area contributed by atoms with E-state index in [1.165, 1.54) is 25.2 Å². The monoisotopic (exact) mass is 420 g/mol. The summed E-state index contributed by atoms with van der Waals surface area (Å²) >= 11 is 0. The van der Waals surface area contributed by atoms with Crippen LogP contribution in [0, 0.1) is 6.92 Å². The van der Waals surface area contributed by atoms with Gasteiger partial charge in [0.2, 0.25) is 0 Å². The Balaban J connectivity index is 1.74. The smallest absolute Gasteiger partial charge is 0.488 e. The molecule has 0 unspecified atom stereocenters. The normalized spacial score (nSPS) is 14.0. The molecule has 4 rings (SSSR count). The fourth-order valence-corrected chi connectivity index (χ4v) is 3.25. The van der Waals surface area contributed by atoms with Gasteiger partial charge in [-0.2, -0.15) is 9.36 Å². The molecule has 0 bridgehead atoms. The Hall–Kier alpha value is -3.30. The van der Waals surface area contributed by atoms with E-state index in [1.807, 2.05) is 25.1 Å². The first-order valence-corrected chi connectivity index (χ1v) is 9.33. The van der Waals surface area contributed by atoms with Crippen molar-refractivity contribution in [3.63, 3.8) is 0 Å². The van der Waals surface area contributed by atoms with Gasteiger partial charge in [0.25, 0.3) is 0 Å². The van der Waals surface area contributed by atoms with Crippen LogP contribution in [0.1, 0.15) is 35.4 Å². The molecule has 1 aromatic heterocycles. The second kappa shape index (κ2) is 7.51. The van der Waals surface area contributed by atoms with Crippen LogP contribution in [0.3, 0.4) is 0 Å². The molecule has 1 fully saturated rings. The van der Waals surface area contributed by atoms with Gasteiger partial charge in [0.1, 0.15) is 18.1 Å². The van der Waals surface area contributed by atoms with Gasteiger partial charge in [0.15, 0.2) is 0 Å². The number of tetrazole rings is 1. The predicted octanol–water partition coefficient (Wildman–Crippen LogP) is 3.63. The summed E-state index contributed by atoms with van der Waals surface area (Å²) in [6, 6.07) is 9.71. The predicted molar refractivity (Wildman–Crippen MR) is 101 cm³/mol. The van der Waals surface area contributed by atoms with Gasteiger partial charge in [-0.25, -0.2) is 4.79 Å². The Bertz CT molecular complexity index is 1130. The molecule has 0 spiro atoms. The molecule has 1 aliphatic rings. The van der Waals surface area contributed by atoms with E-state index in [0.717, 1.165) is 33.3 Å². The molecule has 0 aliphatic heterocycles. The molecule has 0 atom stereocenters. The van der Waals surface area contributed by atoms with Crippen LogP contribution >= 0.6 is 0 Å². The van der Waals surface area contributed by atoms with Crippen molar-refractivity contribution >= 4 is 0 Å². The van der Waals surface area contributed by atoms with Gasteiger partial charge < -0.3 is 9.47 Å². The fourth-order valence-electron chi connectivity index (χ4n) is 3.25. The first kappa shape index (κ1) is 20.0. The molecule has 1 aliphatic carbocycles. The number of halogens is 3. The van der Waals surface area contributed by atoms with E-state index in [1.54, 1.807) is 0 Å². The average molecular weight is 420 g/mol. The lowest BCUT2D eigenvalue weighted by Crippen LogP contribution is -2.24. The van der Waals surface area contributed by atoms with Crippen molar-refractivity contribution in [3.8, 4) is 17.2 Å². The quantitative estimate of drug-likeness (QED) is 0.609. The Morgan fingerprint density at radius 1 is 1.13 bits per heavy atom. The number of hydrogen-bond acceptors (Lipinski definition) is 5. The van der Waals surface area contributed by atoms with Crippen LogP contribution in [0.2, 0.25) is 0 Å². The van der Waals surface area contributed by atoms with Gasteiger partial charge in [-0.3, -0.25) is 0 Å². The molecule has 7 nitrogen and oxygen atoms in total. The van der Waals surface area contributed by atoms with Gasteiger partial charge >= 0.3 is 12.1 Å². The molecule has 30 heavy (non-hydrogen) atoms. The fraction of sp³-hybridized carbons (Fsp3) is 0.350. The van der Waals surface area contributed by atoms with Crippen molar-refractivity contribution in [1.82, 2.24) is 19.8 Å². The molecule has 0 radical (unpaired) electrons. The second-order valence-electron chi connectivity index (χ2n) is 7.20. The highest BCUT2D eigenvalue weighted by Gasteiger charge is 2.33. The molecule has 10 heteroatoms. The van der Waals surface area contributed by atoms with Crippen LogP contribution in [0.4, 0.5) is 13.2 Å². The molecule has 158 valence electrons. The van der Waals surface area contributed by atoms with Crippen molar-refractivity contribution < 1.29 is 22.6 Å². The van der Waals surface area contributed by atoms with Crippen LogP contribution in [-0.2, 0) is 13.7 Å². The van der Waals surface area contributed by atoms with Crippen molar-refractivity contribution in [2.24, 2.45) is 7.05 Å². The van der Waals surface area contributed by atoms with Crippen LogP contribution in [0.25, 0.3) is 5.69 Å². The summed E-state index contributed by atoms with van der Waals surface area (Å²) in [4.78, 5) is 12.3. The second-order valence-corrected chi connectivity index (χ2v) is 7.20. The van der Waals surface area contributed by atoms with E-state index in [-0.39, 0.29) is 17.9 Å². The number of nitrogens with zero attached hydrogens (tertiary/aromatic N) is 4. The van der Waals surface area contributed by atoms with Crippen molar-refractivity contribution in [3.05, 3.63) is 63.6 Å². The first-order chi connectivity index (χ1) is 14.2. The molecular weight excluding hydrogens is 401 g/mol. The minimum absolute atomic E-state index is 0.0414. The summed E-state index contributed by atoms with van der Waals surface area (Å²) in [5.74, 6) is 0.531. The van der Waals surface area contributed by atoms with Gasteiger partial charge in [-0.05, 0) is 59.9 Å². The van der Waals surface area contributed by atoms with Crippen molar-refractivity contribution in [1.29, 1.82) is 0 Å². The highest BCUT2D eigenvalue weighted by molar-refractivity contribution is 5.49. The van der Waals surface area contributed by atoms with Crippen LogP contribution in [0.15, 0.2) is 41.2 Å². The third-order valence-electron chi connectivity index (χ3n) is 4.84. The number of hydrogen-bond donors (Lipinski definition) is 0.